The Morgan fingerprint density at radius 1 is 1.11 bits per heavy atom. The van der Waals surface area contributed by atoms with Crippen LogP contribution in [0.25, 0.3) is 10.9 Å². The number of aliphatic hydroxyl groups is 1. The minimum Gasteiger partial charge on any atom is -0.475 e. The number of para-hydroxylation sites is 1. The van der Waals surface area contributed by atoms with E-state index in [1.807, 2.05) is 41.3 Å². The maximum absolute atomic E-state index is 14.1. The average molecular weight is 387 g/mol. The molecule has 1 N–H and O–H groups in total. The van der Waals surface area contributed by atoms with Crippen molar-refractivity contribution in [2.45, 2.75) is 18.4 Å². The van der Waals surface area contributed by atoms with Crippen LogP contribution in [0.4, 0.5) is 10.1 Å². The van der Waals surface area contributed by atoms with Gasteiger partial charge in [0.05, 0.1) is 11.2 Å². The second kappa shape index (κ2) is 7.33. The van der Waals surface area contributed by atoms with Gasteiger partial charge in [-0.1, -0.05) is 29.8 Å². The van der Waals surface area contributed by atoms with Crippen molar-refractivity contribution in [2.75, 3.05) is 24.6 Å². The van der Waals surface area contributed by atoms with Crippen LogP contribution in [-0.2, 0) is 0 Å². The van der Waals surface area contributed by atoms with E-state index >= 15 is 0 Å². The van der Waals surface area contributed by atoms with Crippen molar-refractivity contribution in [3.8, 4) is 5.88 Å². The Morgan fingerprint density at radius 2 is 1.89 bits per heavy atom. The van der Waals surface area contributed by atoms with Crippen LogP contribution in [0.15, 0.2) is 54.6 Å². The van der Waals surface area contributed by atoms with E-state index in [1.54, 1.807) is 12.1 Å². The lowest BCUT2D eigenvalue weighted by atomic mass is 9.92. The monoisotopic (exact) mass is 386 g/mol. The third-order valence-corrected chi connectivity index (χ3v) is 5.24. The molecule has 1 aliphatic rings. The van der Waals surface area contributed by atoms with Crippen LogP contribution in [0.2, 0.25) is 5.02 Å². The summed E-state index contributed by atoms with van der Waals surface area (Å²) in [7, 11) is 0. The van der Waals surface area contributed by atoms with Crippen molar-refractivity contribution in [3.63, 3.8) is 0 Å². The van der Waals surface area contributed by atoms with Crippen LogP contribution in [0.5, 0.6) is 5.88 Å². The molecule has 2 aromatic carbocycles. The number of fused-ring (bicyclic) bond motifs is 1. The zero-order valence-electron chi connectivity index (χ0n) is 14.7. The fraction of sp³-hybridized carbons (Fsp3) is 0.286. The van der Waals surface area contributed by atoms with Gasteiger partial charge in [-0.3, -0.25) is 0 Å². The summed E-state index contributed by atoms with van der Waals surface area (Å²) < 4.78 is 19.9. The van der Waals surface area contributed by atoms with Gasteiger partial charge < -0.3 is 14.7 Å². The molecule has 3 aromatic rings. The van der Waals surface area contributed by atoms with Crippen molar-refractivity contribution in [3.05, 3.63) is 65.4 Å². The van der Waals surface area contributed by atoms with Crippen LogP contribution in [0.1, 0.15) is 12.8 Å². The van der Waals surface area contributed by atoms with Crippen LogP contribution in [0.3, 0.4) is 0 Å². The van der Waals surface area contributed by atoms with Crippen molar-refractivity contribution >= 4 is 28.2 Å². The van der Waals surface area contributed by atoms with E-state index < -0.39 is 5.60 Å². The second-order valence-corrected chi connectivity index (χ2v) is 7.37. The fourth-order valence-corrected chi connectivity index (χ4v) is 3.54. The molecule has 0 atom stereocenters. The predicted molar refractivity (Wildman–Crippen MR) is 105 cm³/mol. The first-order valence-electron chi connectivity index (χ1n) is 8.93. The second-order valence-electron chi connectivity index (χ2n) is 6.94. The first kappa shape index (κ1) is 18.0. The van der Waals surface area contributed by atoms with Gasteiger partial charge in [-0.2, -0.15) is 0 Å². The third-order valence-electron chi connectivity index (χ3n) is 5.01. The summed E-state index contributed by atoms with van der Waals surface area (Å²) >= 11 is 5.82. The van der Waals surface area contributed by atoms with E-state index in [0.29, 0.717) is 42.5 Å². The number of aromatic nitrogens is 1. The molecular formula is C21H20ClFN2O2. The van der Waals surface area contributed by atoms with E-state index in [2.05, 4.69) is 4.98 Å². The minimum absolute atomic E-state index is 0.162. The number of piperidine rings is 1. The van der Waals surface area contributed by atoms with Gasteiger partial charge >= 0.3 is 0 Å². The lowest BCUT2D eigenvalue weighted by molar-refractivity contribution is -0.0252. The van der Waals surface area contributed by atoms with Crippen LogP contribution in [0, 0.1) is 5.82 Å². The molecule has 0 unspecified atom stereocenters. The van der Waals surface area contributed by atoms with Crippen molar-refractivity contribution < 1.29 is 14.2 Å². The fourth-order valence-electron chi connectivity index (χ4n) is 3.38. The highest BCUT2D eigenvalue weighted by Gasteiger charge is 2.34. The Kier molecular flexibility index (Phi) is 4.89. The first-order chi connectivity index (χ1) is 13.0. The maximum Gasteiger partial charge on any atom is 0.213 e. The molecule has 1 saturated heterocycles. The Morgan fingerprint density at radius 3 is 2.67 bits per heavy atom. The van der Waals surface area contributed by atoms with E-state index in [9.17, 15) is 9.50 Å². The summed E-state index contributed by atoms with van der Waals surface area (Å²) in [6.45, 7) is 1.25. The summed E-state index contributed by atoms with van der Waals surface area (Å²) in [6, 6.07) is 16.2. The van der Waals surface area contributed by atoms with Gasteiger partial charge in [0.25, 0.3) is 0 Å². The zero-order valence-corrected chi connectivity index (χ0v) is 15.5. The average Bonchev–Trinajstić information content (AvgIpc) is 2.67. The molecule has 0 bridgehead atoms. The quantitative estimate of drug-likeness (QED) is 0.720. The van der Waals surface area contributed by atoms with Gasteiger partial charge in [0.15, 0.2) is 0 Å². The van der Waals surface area contributed by atoms with Gasteiger partial charge in [0.2, 0.25) is 5.88 Å². The lowest BCUT2D eigenvalue weighted by Crippen LogP contribution is -2.48. The van der Waals surface area contributed by atoms with Crippen LogP contribution < -0.4 is 9.64 Å². The van der Waals surface area contributed by atoms with Gasteiger partial charge in [0.1, 0.15) is 18.0 Å². The molecule has 6 heteroatoms. The molecule has 1 aliphatic heterocycles. The number of pyridine rings is 1. The molecule has 140 valence electrons. The number of hydrogen-bond acceptors (Lipinski definition) is 4. The molecule has 0 spiro atoms. The Bertz CT molecular complexity index is 958. The standard InChI is InChI=1S/C21H20ClFN2O2/c22-16-6-7-19(17(23)13-16)25-11-9-21(26,10-12-25)14-27-20-8-5-15-3-1-2-4-18(15)24-20/h1-8,13,26H,9-12,14H2. The molecule has 27 heavy (non-hydrogen) atoms. The minimum atomic E-state index is -0.952. The number of rotatable bonds is 4. The highest BCUT2D eigenvalue weighted by atomic mass is 35.5. The van der Waals surface area contributed by atoms with Crippen molar-refractivity contribution in [1.29, 1.82) is 0 Å². The summed E-state index contributed by atoms with van der Waals surface area (Å²) in [5.74, 6) is 0.151. The SMILES string of the molecule is OC1(COc2ccc3ccccc3n2)CCN(c2ccc(Cl)cc2F)CC1. The molecule has 1 aromatic heterocycles. The third kappa shape index (κ3) is 3.99. The lowest BCUT2D eigenvalue weighted by Gasteiger charge is -2.39. The summed E-state index contributed by atoms with van der Waals surface area (Å²) in [5, 5.41) is 12.2. The molecule has 4 rings (SSSR count). The smallest absolute Gasteiger partial charge is 0.213 e. The van der Waals surface area contributed by atoms with Crippen molar-refractivity contribution in [2.24, 2.45) is 0 Å². The topological polar surface area (TPSA) is 45.6 Å². The molecule has 4 nitrogen and oxygen atoms in total. The molecular weight excluding hydrogens is 367 g/mol. The number of nitrogens with zero attached hydrogens (tertiary/aromatic N) is 2. The molecule has 1 fully saturated rings. The van der Waals surface area contributed by atoms with Gasteiger partial charge in [-0.15, -0.1) is 0 Å². The first-order valence-corrected chi connectivity index (χ1v) is 9.31. The largest absolute Gasteiger partial charge is 0.475 e. The highest BCUT2D eigenvalue weighted by molar-refractivity contribution is 6.30. The molecule has 2 heterocycles. The Balaban J connectivity index is 1.38. The van der Waals surface area contributed by atoms with E-state index in [4.69, 9.17) is 16.3 Å². The van der Waals surface area contributed by atoms with E-state index in [0.717, 1.165) is 10.9 Å². The number of anilines is 1. The van der Waals surface area contributed by atoms with Gasteiger partial charge in [-0.05, 0) is 43.2 Å². The van der Waals surface area contributed by atoms with E-state index in [-0.39, 0.29) is 12.4 Å². The van der Waals surface area contributed by atoms with Gasteiger partial charge in [0, 0.05) is 29.6 Å². The summed E-state index contributed by atoms with van der Waals surface area (Å²) in [4.78, 5) is 6.39. The number of benzene rings is 2. The number of ether oxygens (including phenoxy) is 1. The van der Waals surface area contributed by atoms with Crippen molar-refractivity contribution in [1.82, 2.24) is 4.98 Å². The predicted octanol–water partition coefficient (Wildman–Crippen LogP) is 4.44. The van der Waals surface area contributed by atoms with Gasteiger partial charge in [-0.25, -0.2) is 9.37 Å². The maximum atomic E-state index is 14.1. The molecule has 0 amide bonds. The summed E-state index contributed by atoms with van der Waals surface area (Å²) in [6.07, 6.45) is 0.977. The Labute approximate surface area is 162 Å². The highest BCUT2D eigenvalue weighted by Crippen LogP contribution is 2.30. The molecule has 0 saturated carbocycles. The number of hydrogen-bond donors (Lipinski definition) is 1. The number of halogens is 2. The summed E-state index contributed by atoms with van der Waals surface area (Å²) in [5.41, 5.74) is 0.417. The van der Waals surface area contributed by atoms with E-state index in [1.165, 1.54) is 6.07 Å². The normalized spacial score (nSPS) is 16.5. The zero-order chi connectivity index (χ0) is 18.9. The Hall–Kier alpha value is -2.37. The van der Waals surface area contributed by atoms with Crippen LogP contribution >= 0.6 is 11.6 Å². The molecule has 0 radical (unpaired) electrons. The molecule has 0 aliphatic carbocycles. The van der Waals surface area contributed by atoms with Crippen LogP contribution in [-0.4, -0.2) is 35.4 Å².